The summed E-state index contributed by atoms with van der Waals surface area (Å²) in [5, 5.41) is 3.52. The molecule has 0 aliphatic rings. The van der Waals surface area contributed by atoms with Crippen molar-refractivity contribution in [3.63, 3.8) is 0 Å². The molecule has 0 aliphatic heterocycles. The maximum Gasteiger partial charge on any atom is 0.0701 e. The summed E-state index contributed by atoms with van der Waals surface area (Å²) in [5.74, 6) is 0. The number of nitrogens with one attached hydrogen (secondary N) is 1. The quantitative estimate of drug-likeness (QED) is 0.792. The lowest BCUT2D eigenvalue weighted by Crippen LogP contribution is -2.27. The normalized spacial score (nSPS) is 13.0. The van der Waals surface area contributed by atoms with Crippen molar-refractivity contribution >= 4 is 27.3 Å². The maximum atomic E-state index is 3.52. The maximum absolute atomic E-state index is 3.52. The molecule has 0 saturated heterocycles. The lowest BCUT2D eigenvalue weighted by atomic mass is 10.1. The van der Waals surface area contributed by atoms with Gasteiger partial charge < -0.3 is 5.32 Å². The average Bonchev–Trinajstić information content (AvgIpc) is 2.63. The van der Waals surface area contributed by atoms with Gasteiger partial charge in [-0.2, -0.15) is 0 Å². The van der Waals surface area contributed by atoms with Crippen molar-refractivity contribution in [3.8, 4) is 0 Å². The second-order valence-corrected chi connectivity index (χ2v) is 6.31. The Kier molecular flexibility index (Phi) is 6.53. The minimum absolute atomic E-state index is 0.707. The molecule has 1 rings (SSSR count). The third kappa shape index (κ3) is 5.14. The molecule has 86 valence electrons. The van der Waals surface area contributed by atoms with Crippen molar-refractivity contribution in [2.75, 3.05) is 6.54 Å². The molecule has 0 spiro atoms. The molecule has 0 aromatic carbocycles. The summed E-state index contributed by atoms with van der Waals surface area (Å²) in [7, 11) is 0. The van der Waals surface area contributed by atoms with Crippen LogP contribution in [0.5, 0.6) is 0 Å². The van der Waals surface area contributed by atoms with Crippen LogP contribution >= 0.6 is 27.3 Å². The van der Waals surface area contributed by atoms with E-state index in [1.54, 1.807) is 0 Å². The van der Waals surface area contributed by atoms with Crippen LogP contribution in [-0.2, 0) is 6.42 Å². The van der Waals surface area contributed by atoms with Gasteiger partial charge in [0.15, 0.2) is 0 Å². The van der Waals surface area contributed by atoms with E-state index in [4.69, 9.17) is 0 Å². The minimum atomic E-state index is 0.707. The van der Waals surface area contributed by atoms with E-state index in [1.165, 1.54) is 34.3 Å². The molecule has 0 saturated carbocycles. The first kappa shape index (κ1) is 13.2. The van der Waals surface area contributed by atoms with Crippen LogP contribution in [0.3, 0.4) is 0 Å². The Morgan fingerprint density at radius 2 is 2.20 bits per heavy atom. The Balaban J connectivity index is 2.20. The highest BCUT2D eigenvalue weighted by Gasteiger charge is 2.04. The zero-order valence-corrected chi connectivity index (χ0v) is 12.0. The van der Waals surface area contributed by atoms with Gasteiger partial charge in [0.1, 0.15) is 0 Å². The zero-order valence-electron chi connectivity index (χ0n) is 9.55. The molecule has 1 nitrogen and oxygen atoms in total. The van der Waals surface area contributed by atoms with Gasteiger partial charge in [0.05, 0.1) is 3.79 Å². The van der Waals surface area contributed by atoms with Gasteiger partial charge in [-0.1, -0.05) is 13.8 Å². The number of halogens is 1. The van der Waals surface area contributed by atoms with Crippen molar-refractivity contribution in [3.05, 3.63) is 20.8 Å². The summed E-state index contributed by atoms with van der Waals surface area (Å²) in [6.45, 7) is 5.52. The van der Waals surface area contributed by atoms with Crippen molar-refractivity contribution in [2.24, 2.45) is 0 Å². The van der Waals surface area contributed by atoms with Crippen LogP contribution in [0, 0.1) is 0 Å². The van der Waals surface area contributed by atoms with Crippen LogP contribution in [0.1, 0.15) is 38.0 Å². The van der Waals surface area contributed by atoms with Crippen molar-refractivity contribution in [1.29, 1.82) is 0 Å². The molecular weight excluding hydrogens is 270 g/mol. The second-order valence-electron chi connectivity index (χ2n) is 3.76. The molecule has 0 bridgehead atoms. The summed E-state index contributed by atoms with van der Waals surface area (Å²) >= 11 is 5.35. The molecule has 1 aromatic rings. The smallest absolute Gasteiger partial charge is 0.0701 e. The number of aryl methyl sites for hydroxylation is 1. The molecule has 1 atom stereocenters. The summed E-state index contributed by atoms with van der Waals surface area (Å²) in [6, 6.07) is 5.07. The predicted molar refractivity (Wildman–Crippen MR) is 72.7 cm³/mol. The lowest BCUT2D eigenvalue weighted by molar-refractivity contribution is 0.468. The summed E-state index contributed by atoms with van der Waals surface area (Å²) in [5.41, 5.74) is 0. The summed E-state index contributed by atoms with van der Waals surface area (Å²) in [6.07, 6.45) is 5.04. The van der Waals surface area contributed by atoms with Gasteiger partial charge in [0.2, 0.25) is 0 Å². The van der Waals surface area contributed by atoms with E-state index < -0.39 is 0 Å². The van der Waals surface area contributed by atoms with E-state index in [2.05, 4.69) is 47.2 Å². The Hall–Kier alpha value is 0.140. The molecule has 15 heavy (non-hydrogen) atoms. The Morgan fingerprint density at radius 1 is 1.40 bits per heavy atom. The first-order valence-electron chi connectivity index (χ1n) is 5.73. The molecule has 1 unspecified atom stereocenters. The van der Waals surface area contributed by atoms with Crippen LogP contribution in [0.25, 0.3) is 0 Å². The Morgan fingerprint density at radius 3 is 2.73 bits per heavy atom. The van der Waals surface area contributed by atoms with Crippen LogP contribution in [0.2, 0.25) is 0 Å². The first-order valence-corrected chi connectivity index (χ1v) is 7.34. The molecule has 0 fully saturated rings. The van der Waals surface area contributed by atoms with E-state index in [0.29, 0.717) is 6.04 Å². The van der Waals surface area contributed by atoms with E-state index in [-0.39, 0.29) is 0 Å². The molecular formula is C12H20BrNS. The van der Waals surface area contributed by atoms with Gasteiger partial charge in [0, 0.05) is 10.9 Å². The van der Waals surface area contributed by atoms with Gasteiger partial charge >= 0.3 is 0 Å². The van der Waals surface area contributed by atoms with Gasteiger partial charge in [0.25, 0.3) is 0 Å². The standard InChI is InChI=1S/C12H20BrNS/c1-3-10(14-4-2)6-5-7-11-8-9-12(13)15-11/h8-10,14H,3-7H2,1-2H3. The van der Waals surface area contributed by atoms with Gasteiger partial charge in [-0.25, -0.2) is 0 Å². The molecule has 0 aliphatic carbocycles. The molecule has 1 aromatic heterocycles. The number of thiophene rings is 1. The van der Waals surface area contributed by atoms with Crippen LogP contribution in [-0.4, -0.2) is 12.6 Å². The van der Waals surface area contributed by atoms with E-state index in [1.807, 2.05) is 11.3 Å². The zero-order chi connectivity index (χ0) is 11.1. The number of hydrogen-bond acceptors (Lipinski definition) is 2. The lowest BCUT2D eigenvalue weighted by Gasteiger charge is -2.14. The van der Waals surface area contributed by atoms with Crippen molar-refractivity contribution in [1.82, 2.24) is 5.32 Å². The minimum Gasteiger partial charge on any atom is -0.314 e. The highest BCUT2D eigenvalue weighted by Crippen LogP contribution is 2.23. The topological polar surface area (TPSA) is 12.0 Å². The van der Waals surface area contributed by atoms with Gasteiger partial charge in [-0.15, -0.1) is 11.3 Å². The molecule has 0 amide bonds. The second kappa shape index (κ2) is 7.42. The van der Waals surface area contributed by atoms with E-state index >= 15 is 0 Å². The fourth-order valence-electron chi connectivity index (χ4n) is 1.75. The highest BCUT2D eigenvalue weighted by atomic mass is 79.9. The fourth-order valence-corrected chi connectivity index (χ4v) is 3.27. The molecule has 1 N–H and O–H groups in total. The van der Waals surface area contributed by atoms with Gasteiger partial charge in [-0.3, -0.25) is 0 Å². The molecule has 0 radical (unpaired) electrons. The van der Waals surface area contributed by atoms with E-state index in [9.17, 15) is 0 Å². The number of hydrogen-bond donors (Lipinski definition) is 1. The Bertz CT molecular complexity index is 272. The van der Waals surface area contributed by atoms with Crippen LogP contribution in [0.4, 0.5) is 0 Å². The molecule has 3 heteroatoms. The van der Waals surface area contributed by atoms with Crippen molar-refractivity contribution < 1.29 is 0 Å². The third-order valence-electron chi connectivity index (χ3n) is 2.59. The Labute approximate surface area is 105 Å². The summed E-state index contributed by atoms with van der Waals surface area (Å²) < 4.78 is 1.25. The summed E-state index contributed by atoms with van der Waals surface area (Å²) in [4.78, 5) is 1.49. The molecule has 1 heterocycles. The van der Waals surface area contributed by atoms with Crippen LogP contribution in [0.15, 0.2) is 15.9 Å². The van der Waals surface area contributed by atoms with E-state index in [0.717, 1.165) is 6.54 Å². The average molecular weight is 290 g/mol. The number of rotatable bonds is 7. The first-order chi connectivity index (χ1) is 7.26. The monoisotopic (exact) mass is 289 g/mol. The predicted octanol–water partition coefficient (Wildman–Crippen LogP) is 4.22. The fraction of sp³-hybridized carbons (Fsp3) is 0.667. The SMILES string of the molecule is CCNC(CC)CCCc1ccc(Br)s1. The van der Waals surface area contributed by atoms with Gasteiger partial charge in [-0.05, 0) is 60.3 Å². The van der Waals surface area contributed by atoms with Crippen molar-refractivity contribution in [2.45, 2.75) is 45.6 Å². The van der Waals surface area contributed by atoms with Crippen LogP contribution < -0.4 is 5.32 Å². The third-order valence-corrected chi connectivity index (χ3v) is 4.27. The largest absolute Gasteiger partial charge is 0.314 e. The highest BCUT2D eigenvalue weighted by molar-refractivity contribution is 9.11.